The van der Waals surface area contributed by atoms with Gasteiger partial charge in [-0.25, -0.2) is 4.52 Å². The fourth-order valence-corrected chi connectivity index (χ4v) is 5.56. The fourth-order valence-electron chi connectivity index (χ4n) is 4.35. The Morgan fingerprint density at radius 2 is 2.09 bits per heavy atom. The van der Waals surface area contributed by atoms with Crippen LogP contribution in [0.2, 0.25) is 0 Å². The summed E-state index contributed by atoms with van der Waals surface area (Å²) in [4.78, 5) is 32.6. The minimum Gasteiger partial charge on any atom is -0.472 e. The maximum absolute atomic E-state index is 12.6. The van der Waals surface area contributed by atoms with Crippen LogP contribution in [0.4, 0.5) is 5.69 Å². The number of fused-ring (bicyclic) bond motifs is 1. The number of carbonyl (C=O) groups excluding carboxylic acids is 2. The molecule has 0 unspecified atom stereocenters. The van der Waals surface area contributed by atoms with Crippen molar-refractivity contribution in [2.75, 3.05) is 25.0 Å². The fraction of sp³-hybridized carbons (Fsp3) is 0.304. The van der Waals surface area contributed by atoms with Crippen molar-refractivity contribution in [3.05, 3.63) is 48.3 Å². The summed E-state index contributed by atoms with van der Waals surface area (Å²) in [7, 11) is 0. The van der Waals surface area contributed by atoms with Crippen molar-refractivity contribution in [3.8, 4) is 21.7 Å². The van der Waals surface area contributed by atoms with Gasteiger partial charge in [0, 0.05) is 29.9 Å². The molecule has 5 rings (SSSR count). The van der Waals surface area contributed by atoms with Crippen LogP contribution in [0.3, 0.4) is 0 Å². The molecule has 10 heteroatoms. The number of hydrogen-bond donors (Lipinski definition) is 2. The van der Waals surface area contributed by atoms with Crippen molar-refractivity contribution in [1.29, 1.82) is 0 Å². The second-order valence-electron chi connectivity index (χ2n) is 9.15. The highest BCUT2D eigenvalue weighted by Crippen LogP contribution is 2.42. The number of pyridine rings is 1. The van der Waals surface area contributed by atoms with Crippen molar-refractivity contribution >= 4 is 33.7 Å². The van der Waals surface area contributed by atoms with E-state index in [4.69, 9.17) is 10.2 Å². The highest BCUT2D eigenvalue weighted by atomic mass is 32.1. The zero-order chi connectivity index (χ0) is 23.3. The van der Waals surface area contributed by atoms with E-state index in [0.29, 0.717) is 22.6 Å². The molecule has 5 heterocycles. The van der Waals surface area contributed by atoms with Crippen molar-refractivity contribution < 1.29 is 14.0 Å². The molecule has 1 aliphatic heterocycles. The maximum Gasteiger partial charge on any atom is 0.253 e. The van der Waals surface area contributed by atoms with Crippen LogP contribution in [-0.4, -0.2) is 50.9 Å². The number of likely N-dealkylation sites (tertiary alicyclic amines) is 1. The third-order valence-corrected chi connectivity index (χ3v) is 6.92. The van der Waals surface area contributed by atoms with E-state index >= 15 is 0 Å². The predicted molar refractivity (Wildman–Crippen MR) is 126 cm³/mol. The van der Waals surface area contributed by atoms with Crippen LogP contribution >= 0.6 is 11.3 Å². The summed E-state index contributed by atoms with van der Waals surface area (Å²) in [5.74, 6) is -0.621. The number of nitrogens with two attached hydrogens (primary N) is 1. The number of rotatable bonds is 6. The Bertz CT molecular complexity index is 1360. The molecule has 0 bridgehead atoms. The standard InChI is InChI=1S/C23H24N6O3S/c1-13-16(6-15(7-25-13)27-18(30)9-28-11-23(2,3)12-28)19-20(14-4-5-32-10-14)33-22-17(21(24)31)8-26-29(19)22/h4-8,10H,9,11-12H2,1-3H3,(H2,24,31)(H,27,30). The summed E-state index contributed by atoms with van der Waals surface area (Å²) in [5, 5.41) is 7.39. The molecule has 0 saturated carbocycles. The lowest BCUT2D eigenvalue weighted by molar-refractivity contribution is -0.120. The van der Waals surface area contributed by atoms with Crippen molar-refractivity contribution in [1.82, 2.24) is 19.5 Å². The second kappa shape index (κ2) is 7.82. The Kier molecular flexibility index (Phi) is 5.06. The number of aryl methyl sites for hydroxylation is 1. The number of hydrogen-bond acceptors (Lipinski definition) is 7. The molecular weight excluding hydrogens is 440 g/mol. The van der Waals surface area contributed by atoms with Gasteiger partial charge in [-0.1, -0.05) is 13.8 Å². The molecule has 0 radical (unpaired) electrons. The molecular formula is C23H24N6O3S. The second-order valence-corrected chi connectivity index (χ2v) is 10.1. The zero-order valence-electron chi connectivity index (χ0n) is 18.6. The molecule has 170 valence electrons. The van der Waals surface area contributed by atoms with E-state index in [1.54, 1.807) is 23.2 Å². The van der Waals surface area contributed by atoms with Crippen LogP contribution in [0.5, 0.6) is 0 Å². The van der Waals surface area contributed by atoms with E-state index in [9.17, 15) is 9.59 Å². The maximum atomic E-state index is 12.6. The van der Waals surface area contributed by atoms with Gasteiger partial charge in [-0.3, -0.25) is 19.5 Å². The first-order chi connectivity index (χ1) is 15.7. The Labute approximate surface area is 194 Å². The van der Waals surface area contributed by atoms with Crippen LogP contribution in [0, 0.1) is 12.3 Å². The van der Waals surface area contributed by atoms with E-state index in [-0.39, 0.29) is 11.3 Å². The van der Waals surface area contributed by atoms with Crippen LogP contribution in [-0.2, 0) is 4.79 Å². The van der Waals surface area contributed by atoms with Gasteiger partial charge in [0.1, 0.15) is 4.83 Å². The van der Waals surface area contributed by atoms with Gasteiger partial charge in [0.05, 0.1) is 53.3 Å². The van der Waals surface area contributed by atoms with E-state index in [2.05, 4.69) is 34.1 Å². The van der Waals surface area contributed by atoms with E-state index in [1.807, 2.05) is 19.1 Å². The van der Waals surface area contributed by atoms with Gasteiger partial charge in [0.15, 0.2) is 0 Å². The molecule has 1 saturated heterocycles. The molecule has 4 aromatic heterocycles. The van der Waals surface area contributed by atoms with E-state index in [1.165, 1.54) is 17.5 Å². The SMILES string of the molecule is Cc1ncc(NC(=O)CN2CC(C)(C)C2)cc1-c1c(-c2ccoc2)sc2c(C(N)=O)cnn12. The number of thiazole rings is 1. The first-order valence-corrected chi connectivity index (χ1v) is 11.4. The normalized spacial score (nSPS) is 15.5. The van der Waals surface area contributed by atoms with Crippen molar-refractivity contribution in [2.24, 2.45) is 11.1 Å². The lowest BCUT2D eigenvalue weighted by atomic mass is 9.84. The quantitative estimate of drug-likeness (QED) is 0.451. The number of nitrogens with zero attached hydrogens (tertiary/aromatic N) is 4. The Balaban J connectivity index is 1.52. The molecule has 0 atom stereocenters. The molecule has 0 aromatic carbocycles. The van der Waals surface area contributed by atoms with Gasteiger partial charge in [-0.05, 0) is 24.5 Å². The third-order valence-electron chi connectivity index (χ3n) is 5.70. The molecule has 3 N–H and O–H groups in total. The summed E-state index contributed by atoms with van der Waals surface area (Å²) in [6.45, 7) is 8.42. The van der Waals surface area contributed by atoms with Gasteiger partial charge < -0.3 is 15.5 Å². The van der Waals surface area contributed by atoms with E-state index in [0.717, 1.165) is 40.5 Å². The molecule has 1 aliphatic rings. The zero-order valence-corrected chi connectivity index (χ0v) is 19.4. The van der Waals surface area contributed by atoms with Crippen LogP contribution in [0.15, 0.2) is 41.5 Å². The number of nitrogens with one attached hydrogen (secondary N) is 1. The summed E-state index contributed by atoms with van der Waals surface area (Å²) in [6.07, 6.45) is 6.35. The summed E-state index contributed by atoms with van der Waals surface area (Å²) >= 11 is 1.40. The first-order valence-electron chi connectivity index (χ1n) is 10.5. The smallest absolute Gasteiger partial charge is 0.253 e. The molecule has 0 spiro atoms. The highest BCUT2D eigenvalue weighted by molar-refractivity contribution is 7.21. The molecule has 2 amide bonds. The topological polar surface area (TPSA) is 119 Å². The number of anilines is 1. The summed E-state index contributed by atoms with van der Waals surface area (Å²) in [6, 6.07) is 3.73. The van der Waals surface area contributed by atoms with Crippen LogP contribution < -0.4 is 11.1 Å². The molecule has 0 aliphatic carbocycles. The average Bonchev–Trinajstić information content (AvgIpc) is 3.44. The Hall–Kier alpha value is -3.50. The molecule has 9 nitrogen and oxygen atoms in total. The number of amides is 2. The van der Waals surface area contributed by atoms with Crippen LogP contribution in [0.25, 0.3) is 26.5 Å². The molecule has 33 heavy (non-hydrogen) atoms. The largest absolute Gasteiger partial charge is 0.472 e. The number of carbonyl (C=O) groups is 2. The number of furan rings is 1. The summed E-state index contributed by atoms with van der Waals surface area (Å²) < 4.78 is 6.99. The Morgan fingerprint density at radius 3 is 2.76 bits per heavy atom. The lowest BCUT2D eigenvalue weighted by Gasteiger charge is -2.45. The van der Waals surface area contributed by atoms with Gasteiger partial charge in [0.25, 0.3) is 5.91 Å². The lowest BCUT2D eigenvalue weighted by Crippen LogP contribution is -2.54. The van der Waals surface area contributed by atoms with Crippen molar-refractivity contribution in [2.45, 2.75) is 20.8 Å². The summed E-state index contributed by atoms with van der Waals surface area (Å²) in [5.41, 5.74) is 9.93. The Morgan fingerprint density at radius 1 is 1.30 bits per heavy atom. The first kappa shape index (κ1) is 21.4. The number of aromatic nitrogens is 3. The van der Waals surface area contributed by atoms with E-state index < -0.39 is 5.91 Å². The number of primary amides is 1. The van der Waals surface area contributed by atoms with Crippen molar-refractivity contribution in [3.63, 3.8) is 0 Å². The minimum atomic E-state index is -0.540. The molecule has 4 aromatic rings. The minimum absolute atomic E-state index is 0.0808. The van der Waals surface area contributed by atoms with Crippen LogP contribution in [0.1, 0.15) is 29.9 Å². The average molecular weight is 465 g/mol. The molecule has 1 fully saturated rings. The predicted octanol–water partition coefficient (Wildman–Crippen LogP) is 3.41. The van der Waals surface area contributed by atoms with Gasteiger partial charge in [-0.2, -0.15) is 5.10 Å². The monoisotopic (exact) mass is 464 g/mol. The van der Waals surface area contributed by atoms with Gasteiger partial charge in [0.2, 0.25) is 5.91 Å². The third kappa shape index (κ3) is 3.91. The van der Waals surface area contributed by atoms with Gasteiger partial charge in [-0.15, -0.1) is 11.3 Å². The highest BCUT2D eigenvalue weighted by Gasteiger charge is 2.34. The van der Waals surface area contributed by atoms with Gasteiger partial charge >= 0.3 is 0 Å².